The third-order valence-electron chi connectivity index (χ3n) is 1.72. The van der Waals surface area contributed by atoms with Crippen LogP contribution in [0.3, 0.4) is 0 Å². The molecule has 0 N–H and O–H groups in total. The van der Waals surface area contributed by atoms with Gasteiger partial charge in [0.2, 0.25) is 5.78 Å². The van der Waals surface area contributed by atoms with Crippen molar-refractivity contribution in [2.75, 3.05) is 0 Å². The van der Waals surface area contributed by atoms with E-state index < -0.39 is 28.9 Å². The van der Waals surface area contributed by atoms with Gasteiger partial charge >= 0.3 is 5.92 Å². The van der Waals surface area contributed by atoms with E-state index in [1.54, 1.807) is 0 Å². The van der Waals surface area contributed by atoms with E-state index in [1.807, 2.05) is 0 Å². The molecule has 0 unspecified atom stereocenters. The first kappa shape index (κ1) is 10.7. The van der Waals surface area contributed by atoms with Crippen molar-refractivity contribution >= 4 is 5.78 Å². The molecule has 1 aromatic carbocycles. The number of rotatable bonds is 2. The maximum absolute atomic E-state index is 13.0. The van der Waals surface area contributed by atoms with Crippen LogP contribution < -0.4 is 0 Å². The Balaban J connectivity index is 3.21. The highest BCUT2D eigenvalue weighted by Crippen LogP contribution is 2.29. The van der Waals surface area contributed by atoms with E-state index in [-0.39, 0.29) is 0 Å². The summed E-state index contributed by atoms with van der Waals surface area (Å²) < 4.78 is 50.8. The number of Topliss-reactive ketones (excluding diaryl/α,β-unsaturated/α-hetero) is 1. The van der Waals surface area contributed by atoms with Crippen molar-refractivity contribution in [3.63, 3.8) is 0 Å². The second-order valence-corrected chi connectivity index (χ2v) is 2.76. The van der Waals surface area contributed by atoms with E-state index in [1.165, 1.54) is 0 Å². The Morgan fingerprint density at radius 3 is 2.21 bits per heavy atom. The standard InChI is InChI=1S/C9H6F4O/c1-5(14)9(12,13)6-2-3-7(10)8(11)4-6/h2-4H,1H3. The quantitative estimate of drug-likeness (QED) is 0.680. The maximum atomic E-state index is 13.0. The molecule has 0 bridgehead atoms. The van der Waals surface area contributed by atoms with Gasteiger partial charge in [-0.05, 0) is 18.2 Å². The molecule has 0 heterocycles. The lowest BCUT2D eigenvalue weighted by molar-refractivity contribution is -0.141. The molecule has 0 saturated carbocycles. The van der Waals surface area contributed by atoms with Gasteiger partial charge < -0.3 is 0 Å². The largest absolute Gasteiger partial charge is 0.330 e. The topological polar surface area (TPSA) is 17.1 Å². The molecule has 76 valence electrons. The molecule has 0 atom stereocenters. The smallest absolute Gasteiger partial charge is 0.293 e. The molecule has 0 saturated heterocycles. The van der Waals surface area contributed by atoms with Gasteiger partial charge in [-0.25, -0.2) is 8.78 Å². The van der Waals surface area contributed by atoms with Gasteiger partial charge in [-0.15, -0.1) is 0 Å². The molecule has 1 nitrogen and oxygen atoms in total. The molecule has 0 fully saturated rings. The zero-order chi connectivity index (χ0) is 10.9. The number of ketones is 1. The Bertz CT molecular complexity index is 373. The van der Waals surface area contributed by atoms with Gasteiger partial charge in [0.15, 0.2) is 11.6 Å². The summed E-state index contributed by atoms with van der Waals surface area (Å²) in [6.07, 6.45) is 0. The lowest BCUT2D eigenvalue weighted by Crippen LogP contribution is -2.23. The molecule has 0 amide bonds. The minimum Gasteiger partial charge on any atom is -0.293 e. The van der Waals surface area contributed by atoms with Gasteiger partial charge in [-0.3, -0.25) is 4.79 Å². The Labute approximate surface area is 77.3 Å². The van der Waals surface area contributed by atoms with Crippen LogP contribution in [0.1, 0.15) is 12.5 Å². The van der Waals surface area contributed by atoms with Crippen LogP contribution >= 0.6 is 0 Å². The predicted molar refractivity (Wildman–Crippen MR) is 40.9 cm³/mol. The third kappa shape index (κ3) is 1.76. The van der Waals surface area contributed by atoms with E-state index in [9.17, 15) is 22.4 Å². The first-order chi connectivity index (χ1) is 6.35. The second-order valence-electron chi connectivity index (χ2n) is 2.76. The average Bonchev–Trinajstić information content (AvgIpc) is 2.09. The molecule has 0 radical (unpaired) electrons. The van der Waals surface area contributed by atoms with Crippen molar-refractivity contribution in [1.82, 2.24) is 0 Å². The van der Waals surface area contributed by atoms with Crippen molar-refractivity contribution in [2.45, 2.75) is 12.8 Å². The lowest BCUT2D eigenvalue weighted by atomic mass is 10.1. The number of halogens is 4. The van der Waals surface area contributed by atoms with Crippen molar-refractivity contribution in [2.24, 2.45) is 0 Å². The van der Waals surface area contributed by atoms with Crippen LogP contribution in [-0.4, -0.2) is 5.78 Å². The zero-order valence-electron chi connectivity index (χ0n) is 7.15. The molecule has 0 spiro atoms. The normalized spacial score (nSPS) is 11.5. The molecule has 0 aromatic heterocycles. The average molecular weight is 206 g/mol. The van der Waals surface area contributed by atoms with Gasteiger partial charge in [-0.1, -0.05) is 0 Å². The fourth-order valence-corrected chi connectivity index (χ4v) is 0.895. The Morgan fingerprint density at radius 2 is 1.79 bits per heavy atom. The van der Waals surface area contributed by atoms with E-state index >= 15 is 0 Å². The minimum absolute atomic E-state index is 0.316. The molecule has 1 aromatic rings. The fourth-order valence-electron chi connectivity index (χ4n) is 0.895. The first-order valence-corrected chi connectivity index (χ1v) is 3.70. The van der Waals surface area contributed by atoms with Gasteiger partial charge in [-0.2, -0.15) is 8.78 Å². The summed E-state index contributed by atoms with van der Waals surface area (Å²) in [7, 11) is 0. The van der Waals surface area contributed by atoms with Crippen molar-refractivity contribution in [3.05, 3.63) is 35.4 Å². The number of carbonyl (C=O) groups excluding carboxylic acids is 1. The molecular formula is C9H6F4O. The van der Waals surface area contributed by atoms with Crippen LogP contribution in [0.25, 0.3) is 0 Å². The highest BCUT2D eigenvalue weighted by atomic mass is 19.3. The molecule has 1 rings (SSSR count). The highest BCUT2D eigenvalue weighted by molar-refractivity contribution is 5.84. The third-order valence-corrected chi connectivity index (χ3v) is 1.72. The van der Waals surface area contributed by atoms with Gasteiger partial charge in [0, 0.05) is 12.5 Å². The van der Waals surface area contributed by atoms with E-state index in [2.05, 4.69) is 0 Å². The van der Waals surface area contributed by atoms with Crippen molar-refractivity contribution in [1.29, 1.82) is 0 Å². The van der Waals surface area contributed by atoms with Gasteiger partial charge in [0.25, 0.3) is 0 Å². The SMILES string of the molecule is CC(=O)C(F)(F)c1ccc(F)c(F)c1. The first-order valence-electron chi connectivity index (χ1n) is 3.70. The van der Waals surface area contributed by atoms with E-state index in [4.69, 9.17) is 0 Å². The summed E-state index contributed by atoms with van der Waals surface area (Å²) in [5.41, 5.74) is -0.844. The second kappa shape index (κ2) is 3.40. The minimum atomic E-state index is -3.77. The number of hydrogen-bond acceptors (Lipinski definition) is 1. The Hall–Kier alpha value is -1.39. The summed E-state index contributed by atoms with van der Waals surface area (Å²) >= 11 is 0. The highest BCUT2D eigenvalue weighted by Gasteiger charge is 2.37. The van der Waals surface area contributed by atoms with E-state index in [0.29, 0.717) is 25.1 Å². The molecule has 5 heteroatoms. The molecule has 0 aliphatic rings. The van der Waals surface area contributed by atoms with Crippen molar-refractivity contribution < 1.29 is 22.4 Å². The van der Waals surface area contributed by atoms with Crippen LogP contribution in [0, 0.1) is 11.6 Å². The predicted octanol–water partition coefficient (Wildman–Crippen LogP) is 2.65. The van der Waals surface area contributed by atoms with Crippen LogP contribution in [0.5, 0.6) is 0 Å². The summed E-state index contributed by atoms with van der Waals surface area (Å²) in [5, 5.41) is 0. The zero-order valence-corrected chi connectivity index (χ0v) is 7.15. The molecule has 0 aliphatic carbocycles. The number of alkyl halides is 2. The van der Waals surface area contributed by atoms with Crippen LogP contribution in [0.15, 0.2) is 18.2 Å². The van der Waals surface area contributed by atoms with Crippen molar-refractivity contribution in [3.8, 4) is 0 Å². The van der Waals surface area contributed by atoms with Crippen LogP contribution in [0.4, 0.5) is 17.6 Å². The Kier molecular flexibility index (Phi) is 2.59. The fraction of sp³-hybridized carbons (Fsp3) is 0.222. The monoisotopic (exact) mass is 206 g/mol. The molecule has 0 aliphatic heterocycles. The number of benzene rings is 1. The lowest BCUT2D eigenvalue weighted by Gasteiger charge is -2.12. The molecular weight excluding hydrogens is 200 g/mol. The van der Waals surface area contributed by atoms with E-state index in [0.717, 1.165) is 0 Å². The maximum Gasteiger partial charge on any atom is 0.330 e. The van der Waals surface area contributed by atoms with Crippen LogP contribution in [0.2, 0.25) is 0 Å². The van der Waals surface area contributed by atoms with Gasteiger partial charge in [0.1, 0.15) is 0 Å². The van der Waals surface area contributed by atoms with Gasteiger partial charge in [0.05, 0.1) is 0 Å². The molecule has 14 heavy (non-hydrogen) atoms. The summed E-state index contributed by atoms with van der Waals surface area (Å²) in [4.78, 5) is 10.5. The summed E-state index contributed by atoms with van der Waals surface area (Å²) in [6, 6.07) is 1.55. The number of hydrogen-bond donors (Lipinski definition) is 0. The summed E-state index contributed by atoms with van der Waals surface area (Å²) in [5.74, 6) is -7.81. The Morgan fingerprint density at radius 1 is 1.21 bits per heavy atom. The summed E-state index contributed by atoms with van der Waals surface area (Å²) in [6.45, 7) is 0.682. The van der Waals surface area contributed by atoms with Crippen LogP contribution in [-0.2, 0) is 10.7 Å². The number of carbonyl (C=O) groups is 1.